The molecule has 0 fully saturated rings. The van der Waals surface area contributed by atoms with E-state index in [9.17, 15) is 16.8 Å². The number of benzene rings is 1. The van der Waals surface area contributed by atoms with Crippen LogP contribution in [-0.4, -0.2) is 41.1 Å². The Balaban J connectivity index is 2.09. The Kier molecular flexibility index (Phi) is 4.24. The topological polar surface area (TPSA) is 92.3 Å². The van der Waals surface area contributed by atoms with E-state index in [1.165, 1.54) is 0 Å². The minimum Gasteiger partial charge on any atom is -0.385 e. The van der Waals surface area contributed by atoms with Crippen LogP contribution in [0.1, 0.15) is 12.0 Å². The van der Waals surface area contributed by atoms with Gasteiger partial charge in [0.2, 0.25) is 10.0 Å². The monoisotopic (exact) mass is 318 g/mol. The van der Waals surface area contributed by atoms with Crippen molar-refractivity contribution in [2.45, 2.75) is 12.8 Å². The maximum absolute atomic E-state index is 11.8. The number of aryl methyl sites for hydroxylation is 1. The van der Waals surface area contributed by atoms with Crippen LogP contribution in [0.3, 0.4) is 0 Å². The van der Waals surface area contributed by atoms with E-state index in [0.29, 0.717) is 5.69 Å². The molecule has 0 amide bonds. The highest BCUT2D eigenvalue weighted by Crippen LogP contribution is 2.25. The standard InChI is InChI=1S/C12H18N2O4S2/c1-19(15,16)7-8-20(17,18)14-11-5-4-10-3-2-6-13-12(10)9-11/h4-5,9,13-14H,2-3,6-8H2,1H3. The van der Waals surface area contributed by atoms with Gasteiger partial charge >= 0.3 is 0 Å². The molecule has 0 bridgehead atoms. The van der Waals surface area contributed by atoms with E-state index in [2.05, 4.69) is 10.0 Å². The third kappa shape index (κ3) is 4.38. The molecule has 2 N–H and O–H groups in total. The lowest BCUT2D eigenvalue weighted by Crippen LogP contribution is -2.22. The summed E-state index contributed by atoms with van der Waals surface area (Å²) in [6.07, 6.45) is 3.06. The second kappa shape index (κ2) is 5.61. The van der Waals surface area contributed by atoms with Crippen molar-refractivity contribution in [3.8, 4) is 0 Å². The van der Waals surface area contributed by atoms with Gasteiger partial charge in [-0.05, 0) is 30.5 Å². The molecule has 8 heteroatoms. The molecule has 0 aliphatic carbocycles. The van der Waals surface area contributed by atoms with Gasteiger partial charge in [0.05, 0.1) is 17.2 Å². The second-order valence-electron chi connectivity index (χ2n) is 4.95. The normalized spacial score (nSPS) is 15.2. The van der Waals surface area contributed by atoms with Crippen molar-refractivity contribution >= 4 is 31.2 Å². The molecule has 1 aromatic carbocycles. The number of fused-ring (bicyclic) bond motifs is 1. The van der Waals surface area contributed by atoms with E-state index in [4.69, 9.17) is 0 Å². The lowest BCUT2D eigenvalue weighted by atomic mass is 10.0. The van der Waals surface area contributed by atoms with E-state index >= 15 is 0 Å². The first-order valence-corrected chi connectivity index (χ1v) is 10.0. The van der Waals surface area contributed by atoms with Gasteiger partial charge in [-0.25, -0.2) is 16.8 Å². The molecule has 0 saturated carbocycles. The van der Waals surface area contributed by atoms with Gasteiger partial charge in [0.15, 0.2) is 0 Å². The lowest BCUT2D eigenvalue weighted by molar-refractivity contribution is 0.593. The van der Waals surface area contributed by atoms with Crippen LogP contribution in [0.2, 0.25) is 0 Å². The van der Waals surface area contributed by atoms with Gasteiger partial charge < -0.3 is 5.32 Å². The summed E-state index contributed by atoms with van der Waals surface area (Å²) < 4.78 is 48.1. The molecule has 0 spiro atoms. The summed E-state index contributed by atoms with van der Waals surface area (Å²) in [4.78, 5) is 0. The van der Waals surface area contributed by atoms with Gasteiger partial charge in [-0.2, -0.15) is 0 Å². The number of sulfonamides is 1. The summed E-state index contributed by atoms with van der Waals surface area (Å²) >= 11 is 0. The molecule has 20 heavy (non-hydrogen) atoms. The minimum atomic E-state index is -3.65. The molecule has 0 atom stereocenters. The van der Waals surface area contributed by atoms with Crippen LogP contribution < -0.4 is 10.0 Å². The van der Waals surface area contributed by atoms with Crippen molar-refractivity contribution in [2.24, 2.45) is 0 Å². The van der Waals surface area contributed by atoms with E-state index < -0.39 is 25.6 Å². The third-order valence-corrected chi connectivity index (χ3v) is 5.54. The Morgan fingerprint density at radius 3 is 2.65 bits per heavy atom. The molecule has 6 nitrogen and oxygen atoms in total. The van der Waals surface area contributed by atoms with Gasteiger partial charge in [-0.15, -0.1) is 0 Å². The number of rotatable bonds is 5. The Hall–Kier alpha value is -1.28. The highest BCUT2D eigenvalue weighted by atomic mass is 32.2. The average Bonchev–Trinajstić information content (AvgIpc) is 2.35. The summed E-state index contributed by atoms with van der Waals surface area (Å²) in [5, 5.41) is 3.21. The summed E-state index contributed by atoms with van der Waals surface area (Å²) in [7, 11) is -6.95. The Bertz CT molecular complexity index is 696. The number of sulfone groups is 1. The Morgan fingerprint density at radius 2 is 1.95 bits per heavy atom. The highest BCUT2D eigenvalue weighted by Gasteiger charge is 2.16. The molecule has 1 aliphatic heterocycles. The quantitative estimate of drug-likeness (QED) is 0.839. The van der Waals surface area contributed by atoms with Crippen LogP contribution in [0.5, 0.6) is 0 Å². The summed E-state index contributed by atoms with van der Waals surface area (Å²) in [6.45, 7) is 0.872. The highest BCUT2D eigenvalue weighted by molar-refractivity contribution is 7.95. The van der Waals surface area contributed by atoms with Gasteiger partial charge in [0.25, 0.3) is 0 Å². The van der Waals surface area contributed by atoms with E-state index in [1.54, 1.807) is 12.1 Å². The van der Waals surface area contributed by atoms with Gasteiger partial charge in [0.1, 0.15) is 9.84 Å². The zero-order chi connectivity index (χ0) is 14.8. The maximum atomic E-state index is 11.8. The fraction of sp³-hybridized carbons (Fsp3) is 0.500. The molecule has 0 unspecified atom stereocenters. The Morgan fingerprint density at radius 1 is 1.20 bits per heavy atom. The van der Waals surface area contributed by atoms with Crippen LogP contribution in [0.4, 0.5) is 11.4 Å². The smallest absolute Gasteiger partial charge is 0.233 e. The van der Waals surface area contributed by atoms with Crippen LogP contribution in [-0.2, 0) is 26.3 Å². The molecule has 0 radical (unpaired) electrons. The van der Waals surface area contributed by atoms with Crippen LogP contribution in [0.25, 0.3) is 0 Å². The van der Waals surface area contributed by atoms with Crippen molar-refractivity contribution < 1.29 is 16.8 Å². The number of hydrogen-bond acceptors (Lipinski definition) is 5. The number of anilines is 2. The fourth-order valence-corrected chi connectivity index (χ4v) is 4.69. The number of hydrogen-bond donors (Lipinski definition) is 2. The van der Waals surface area contributed by atoms with E-state index in [-0.39, 0.29) is 5.75 Å². The molecule has 1 aromatic rings. The van der Waals surface area contributed by atoms with Crippen molar-refractivity contribution in [3.63, 3.8) is 0 Å². The Labute approximate surface area is 119 Å². The van der Waals surface area contributed by atoms with Crippen molar-refractivity contribution in [1.29, 1.82) is 0 Å². The van der Waals surface area contributed by atoms with E-state index in [1.807, 2.05) is 6.07 Å². The summed E-state index contributed by atoms with van der Waals surface area (Å²) in [5.41, 5.74) is 2.54. The molecular weight excluding hydrogens is 300 g/mol. The van der Waals surface area contributed by atoms with Gasteiger partial charge in [0, 0.05) is 18.5 Å². The number of nitrogens with one attached hydrogen (secondary N) is 2. The molecular formula is C12H18N2O4S2. The molecule has 0 saturated heterocycles. The minimum absolute atomic E-state index is 0.383. The average molecular weight is 318 g/mol. The zero-order valence-electron chi connectivity index (χ0n) is 11.2. The largest absolute Gasteiger partial charge is 0.385 e. The molecule has 0 aromatic heterocycles. The first kappa shape index (κ1) is 15.1. The molecule has 112 valence electrons. The van der Waals surface area contributed by atoms with Crippen molar-refractivity contribution in [3.05, 3.63) is 23.8 Å². The fourth-order valence-electron chi connectivity index (χ4n) is 2.02. The molecule has 2 rings (SSSR count). The van der Waals surface area contributed by atoms with Gasteiger partial charge in [-0.3, -0.25) is 4.72 Å². The third-order valence-electron chi connectivity index (χ3n) is 3.04. The molecule has 1 aliphatic rings. The first-order chi connectivity index (χ1) is 9.25. The first-order valence-electron chi connectivity index (χ1n) is 6.30. The van der Waals surface area contributed by atoms with Crippen LogP contribution >= 0.6 is 0 Å². The van der Waals surface area contributed by atoms with Gasteiger partial charge in [-0.1, -0.05) is 6.07 Å². The summed E-state index contributed by atoms with van der Waals surface area (Å²) in [5.74, 6) is -0.818. The maximum Gasteiger partial charge on any atom is 0.233 e. The second-order valence-corrected chi connectivity index (χ2v) is 9.05. The molecule has 1 heterocycles. The van der Waals surface area contributed by atoms with E-state index in [0.717, 1.165) is 36.9 Å². The lowest BCUT2D eigenvalue weighted by Gasteiger charge is -2.19. The van der Waals surface area contributed by atoms with Crippen molar-refractivity contribution in [1.82, 2.24) is 0 Å². The predicted molar refractivity (Wildman–Crippen MR) is 80.4 cm³/mol. The van der Waals surface area contributed by atoms with Crippen molar-refractivity contribution in [2.75, 3.05) is 34.3 Å². The summed E-state index contributed by atoms with van der Waals surface area (Å²) in [6, 6.07) is 5.33. The van der Waals surface area contributed by atoms with Crippen LogP contribution in [0.15, 0.2) is 18.2 Å². The van der Waals surface area contributed by atoms with Crippen LogP contribution in [0, 0.1) is 0 Å². The SMILES string of the molecule is CS(=O)(=O)CCS(=O)(=O)Nc1ccc2c(c1)NCCC2. The predicted octanol–water partition coefficient (Wildman–Crippen LogP) is 0.831. The zero-order valence-corrected chi connectivity index (χ0v) is 12.9.